The summed E-state index contributed by atoms with van der Waals surface area (Å²) in [6.07, 6.45) is 0. The van der Waals surface area contributed by atoms with Crippen LogP contribution in [0.3, 0.4) is 0 Å². The molecule has 0 amide bonds. The number of benzene rings is 2. The van der Waals surface area contributed by atoms with Gasteiger partial charge >= 0.3 is 0 Å². The molecule has 1 heterocycles. The Morgan fingerprint density at radius 3 is 2.75 bits per heavy atom. The molecule has 2 heteroatoms. The number of hydrogen-bond acceptors (Lipinski definition) is 2. The van der Waals surface area contributed by atoms with Gasteiger partial charge in [0.25, 0.3) is 0 Å². The molecule has 0 saturated heterocycles. The highest BCUT2D eigenvalue weighted by atomic mass is 16.5. The maximum Gasteiger partial charge on any atom is 0.124 e. The third kappa shape index (κ3) is 2.44. The lowest BCUT2D eigenvalue weighted by Crippen LogP contribution is -2.26. The van der Waals surface area contributed by atoms with Crippen molar-refractivity contribution in [2.45, 2.75) is 32.9 Å². The Morgan fingerprint density at radius 2 is 1.95 bits per heavy atom. The third-order valence-corrected chi connectivity index (χ3v) is 4.04. The molecule has 1 aliphatic heterocycles. The minimum Gasteiger partial charge on any atom is -0.491 e. The molecular formula is C18H21NO. The van der Waals surface area contributed by atoms with Crippen molar-refractivity contribution in [2.24, 2.45) is 0 Å². The van der Waals surface area contributed by atoms with Crippen molar-refractivity contribution < 1.29 is 4.74 Å². The fraction of sp³-hybridized carbons (Fsp3) is 0.333. The molecule has 2 aromatic rings. The summed E-state index contributed by atoms with van der Waals surface area (Å²) in [7, 11) is 0. The Labute approximate surface area is 120 Å². The SMILES string of the molecule is Cc1ccc(C(C)NC2COc3ccccc32)c(C)c1. The van der Waals surface area contributed by atoms with E-state index in [-0.39, 0.29) is 6.04 Å². The van der Waals surface area contributed by atoms with Crippen molar-refractivity contribution >= 4 is 0 Å². The van der Waals surface area contributed by atoms with Gasteiger partial charge in [0, 0.05) is 11.6 Å². The first-order valence-corrected chi connectivity index (χ1v) is 7.20. The van der Waals surface area contributed by atoms with E-state index in [1.807, 2.05) is 12.1 Å². The number of fused-ring (bicyclic) bond motifs is 1. The highest BCUT2D eigenvalue weighted by Crippen LogP contribution is 2.33. The zero-order valence-corrected chi connectivity index (χ0v) is 12.3. The van der Waals surface area contributed by atoms with Gasteiger partial charge in [-0.05, 0) is 38.0 Å². The van der Waals surface area contributed by atoms with Gasteiger partial charge in [-0.3, -0.25) is 0 Å². The minimum atomic E-state index is 0.280. The molecular weight excluding hydrogens is 246 g/mol. The number of aryl methyl sites for hydroxylation is 2. The lowest BCUT2D eigenvalue weighted by Gasteiger charge is -2.21. The van der Waals surface area contributed by atoms with Crippen LogP contribution in [0.25, 0.3) is 0 Å². The number of hydrogen-bond donors (Lipinski definition) is 1. The molecule has 2 aromatic carbocycles. The average molecular weight is 267 g/mol. The maximum atomic E-state index is 5.73. The third-order valence-electron chi connectivity index (χ3n) is 4.04. The lowest BCUT2D eigenvalue weighted by molar-refractivity contribution is 0.300. The molecule has 20 heavy (non-hydrogen) atoms. The van der Waals surface area contributed by atoms with E-state index in [9.17, 15) is 0 Å². The van der Waals surface area contributed by atoms with Crippen molar-refractivity contribution in [3.8, 4) is 5.75 Å². The molecule has 0 bridgehead atoms. The molecule has 1 aliphatic rings. The lowest BCUT2D eigenvalue weighted by atomic mass is 9.99. The highest BCUT2D eigenvalue weighted by Gasteiger charge is 2.25. The molecule has 2 atom stereocenters. The van der Waals surface area contributed by atoms with Gasteiger partial charge in [0.2, 0.25) is 0 Å². The molecule has 3 rings (SSSR count). The molecule has 1 N–H and O–H groups in total. The van der Waals surface area contributed by atoms with Crippen LogP contribution in [-0.2, 0) is 0 Å². The molecule has 0 fully saturated rings. The van der Waals surface area contributed by atoms with Gasteiger partial charge in [-0.15, -0.1) is 0 Å². The van der Waals surface area contributed by atoms with Crippen LogP contribution in [0.5, 0.6) is 5.75 Å². The van der Waals surface area contributed by atoms with Gasteiger partial charge in [0.1, 0.15) is 12.4 Å². The van der Waals surface area contributed by atoms with Crippen LogP contribution in [-0.4, -0.2) is 6.61 Å². The van der Waals surface area contributed by atoms with E-state index in [1.54, 1.807) is 0 Å². The Hall–Kier alpha value is -1.80. The summed E-state index contributed by atoms with van der Waals surface area (Å²) >= 11 is 0. The maximum absolute atomic E-state index is 5.73. The Bertz CT molecular complexity index is 621. The quantitative estimate of drug-likeness (QED) is 0.904. The summed E-state index contributed by atoms with van der Waals surface area (Å²) in [5, 5.41) is 3.69. The van der Waals surface area contributed by atoms with Gasteiger partial charge in [0.05, 0.1) is 6.04 Å². The van der Waals surface area contributed by atoms with E-state index in [0.29, 0.717) is 12.6 Å². The number of para-hydroxylation sites is 1. The first-order valence-electron chi connectivity index (χ1n) is 7.20. The Kier molecular flexibility index (Phi) is 3.49. The monoisotopic (exact) mass is 267 g/mol. The normalized spacial score (nSPS) is 18.4. The van der Waals surface area contributed by atoms with Crippen LogP contribution >= 0.6 is 0 Å². The topological polar surface area (TPSA) is 21.3 Å². The van der Waals surface area contributed by atoms with Gasteiger partial charge in [0.15, 0.2) is 0 Å². The van der Waals surface area contributed by atoms with E-state index in [0.717, 1.165) is 5.75 Å². The number of rotatable bonds is 3. The summed E-state index contributed by atoms with van der Waals surface area (Å²) in [4.78, 5) is 0. The summed E-state index contributed by atoms with van der Waals surface area (Å²) < 4.78 is 5.73. The van der Waals surface area contributed by atoms with E-state index >= 15 is 0 Å². The molecule has 0 aliphatic carbocycles. The minimum absolute atomic E-state index is 0.280. The fourth-order valence-electron chi connectivity index (χ4n) is 3.00. The molecule has 0 saturated carbocycles. The molecule has 0 aromatic heterocycles. The average Bonchev–Trinajstić information content (AvgIpc) is 2.82. The van der Waals surface area contributed by atoms with Crippen molar-refractivity contribution in [1.82, 2.24) is 5.32 Å². The molecule has 0 spiro atoms. The zero-order valence-electron chi connectivity index (χ0n) is 12.3. The van der Waals surface area contributed by atoms with Crippen molar-refractivity contribution in [3.05, 3.63) is 64.7 Å². The van der Waals surface area contributed by atoms with Crippen LogP contribution in [0.1, 0.15) is 41.3 Å². The summed E-state index contributed by atoms with van der Waals surface area (Å²) in [6, 6.07) is 15.5. The fourth-order valence-corrected chi connectivity index (χ4v) is 3.00. The summed E-state index contributed by atoms with van der Waals surface area (Å²) in [5.41, 5.74) is 5.29. The van der Waals surface area contributed by atoms with Gasteiger partial charge < -0.3 is 10.1 Å². The largest absolute Gasteiger partial charge is 0.491 e. The standard InChI is InChI=1S/C18H21NO/c1-12-8-9-15(13(2)10-12)14(3)19-17-11-20-18-7-5-4-6-16(17)18/h4-10,14,17,19H,11H2,1-3H3. The molecule has 2 unspecified atom stereocenters. The van der Waals surface area contributed by atoms with Gasteiger partial charge in [-0.1, -0.05) is 42.0 Å². The Morgan fingerprint density at radius 1 is 1.15 bits per heavy atom. The smallest absolute Gasteiger partial charge is 0.124 e. The number of nitrogens with one attached hydrogen (secondary N) is 1. The predicted molar refractivity (Wildman–Crippen MR) is 82.1 cm³/mol. The van der Waals surface area contributed by atoms with Crippen molar-refractivity contribution in [1.29, 1.82) is 0 Å². The molecule has 0 radical (unpaired) electrons. The van der Waals surface area contributed by atoms with Crippen LogP contribution in [0, 0.1) is 13.8 Å². The summed E-state index contributed by atoms with van der Waals surface area (Å²) in [5.74, 6) is 1.01. The van der Waals surface area contributed by atoms with E-state index in [1.165, 1.54) is 22.3 Å². The Balaban J connectivity index is 1.79. The van der Waals surface area contributed by atoms with Crippen LogP contribution < -0.4 is 10.1 Å². The first kappa shape index (κ1) is 13.2. The molecule has 104 valence electrons. The second-order valence-electron chi connectivity index (χ2n) is 5.65. The van der Waals surface area contributed by atoms with Gasteiger partial charge in [-0.2, -0.15) is 0 Å². The van der Waals surface area contributed by atoms with Crippen LogP contribution in [0.4, 0.5) is 0 Å². The first-order chi connectivity index (χ1) is 9.65. The second-order valence-corrected chi connectivity index (χ2v) is 5.65. The van der Waals surface area contributed by atoms with Crippen molar-refractivity contribution in [3.63, 3.8) is 0 Å². The second kappa shape index (κ2) is 5.29. The van der Waals surface area contributed by atoms with Gasteiger partial charge in [-0.25, -0.2) is 0 Å². The zero-order chi connectivity index (χ0) is 14.1. The number of ether oxygens (including phenoxy) is 1. The van der Waals surface area contributed by atoms with E-state index in [2.05, 4.69) is 56.4 Å². The summed E-state index contributed by atoms with van der Waals surface area (Å²) in [6.45, 7) is 7.25. The van der Waals surface area contributed by atoms with Crippen LogP contribution in [0.15, 0.2) is 42.5 Å². The highest BCUT2D eigenvalue weighted by molar-refractivity contribution is 5.40. The predicted octanol–water partition coefficient (Wildman–Crippen LogP) is 4.09. The van der Waals surface area contributed by atoms with Crippen molar-refractivity contribution in [2.75, 3.05) is 6.61 Å². The molecule has 2 nitrogen and oxygen atoms in total. The van der Waals surface area contributed by atoms with E-state index in [4.69, 9.17) is 4.74 Å². The van der Waals surface area contributed by atoms with Crippen LogP contribution in [0.2, 0.25) is 0 Å². The van der Waals surface area contributed by atoms with E-state index < -0.39 is 0 Å².